The van der Waals surface area contributed by atoms with Crippen LogP contribution in [0, 0.1) is 0 Å². The van der Waals surface area contributed by atoms with Gasteiger partial charge in [-0.15, -0.1) is 24.0 Å². The summed E-state index contributed by atoms with van der Waals surface area (Å²) in [7, 11) is 1.67. The summed E-state index contributed by atoms with van der Waals surface area (Å²) in [6.07, 6.45) is 4.28. The quantitative estimate of drug-likeness (QED) is 0.207. The van der Waals surface area contributed by atoms with Gasteiger partial charge < -0.3 is 20.3 Å². The molecule has 0 saturated carbocycles. The minimum absolute atomic E-state index is 0. The summed E-state index contributed by atoms with van der Waals surface area (Å²) < 4.78 is 7.14. The summed E-state index contributed by atoms with van der Waals surface area (Å²) in [6.45, 7) is 13.0. The van der Waals surface area contributed by atoms with Crippen molar-refractivity contribution >= 4 is 29.9 Å². The van der Waals surface area contributed by atoms with Crippen LogP contribution in [0.15, 0.2) is 4.99 Å². The molecule has 0 amide bonds. The second-order valence-corrected chi connectivity index (χ2v) is 6.93. The Kier molecular flexibility index (Phi) is 12.6. The predicted octanol–water partition coefficient (Wildman–Crippen LogP) is 2.03. The lowest BCUT2D eigenvalue weighted by Crippen LogP contribution is -2.47. The molecule has 2 rings (SSSR count). The van der Waals surface area contributed by atoms with E-state index in [2.05, 4.69) is 46.4 Å². The molecule has 0 spiro atoms. The van der Waals surface area contributed by atoms with E-state index in [4.69, 9.17) is 9.73 Å². The van der Waals surface area contributed by atoms with Crippen molar-refractivity contribution in [1.29, 1.82) is 0 Å². The highest BCUT2D eigenvalue weighted by molar-refractivity contribution is 14.0. The summed E-state index contributed by atoms with van der Waals surface area (Å²) >= 11 is 0. The van der Waals surface area contributed by atoms with Gasteiger partial charge in [0.15, 0.2) is 11.8 Å². The number of nitrogens with one attached hydrogen (secondary N) is 2. The van der Waals surface area contributed by atoms with Crippen LogP contribution in [0.1, 0.15) is 51.7 Å². The normalized spacial score (nSPS) is 16.6. The van der Waals surface area contributed by atoms with E-state index >= 15 is 0 Å². The molecular weight excluding hydrogens is 469 g/mol. The molecule has 2 heterocycles. The average Bonchev–Trinajstić information content (AvgIpc) is 3.06. The molecule has 0 aromatic carbocycles. The second-order valence-electron chi connectivity index (χ2n) is 6.93. The predicted molar refractivity (Wildman–Crippen MR) is 124 cm³/mol. The number of aromatic nitrogens is 3. The SMILES string of the molecule is CCNC(=NCCCCN(CC)CC)NC1CCc2nc(COC)nn2C1.I. The Morgan fingerprint density at radius 3 is 2.75 bits per heavy atom. The third-order valence-electron chi connectivity index (χ3n) is 4.91. The highest BCUT2D eigenvalue weighted by Gasteiger charge is 2.22. The van der Waals surface area contributed by atoms with E-state index in [9.17, 15) is 0 Å². The van der Waals surface area contributed by atoms with Crippen LogP contribution in [-0.4, -0.2) is 71.5 Å². The lowest BCUT2D eigenvalue weighted by Gasteiger charge is -2.25. The minimum atomic E-state index is 0. The molecule has 0 saturated heterocycles. The minimum Gasteiger partial charge on any atom is -0.377 e. The summed E-state index contributed by atoms with van der Waals surface area (Å²) in [5.74, 6) is 2.73. The van der Waals surface area contributed by atoms with Gasteiger partial charge in [0.05, 0.1) is 6.54 Å². The summed E-state index contributed by atoms with van der Waals surface area (Å²) in [4.78, 5) is 11.8. The zero-order chi connectivity index (χ0) is 19.5. The fraction of sp³-hybridized carbons (Fsp3) is 0.842. The summed E-state index contributed by atoms with van der Waals surface area (Å²) in [5.41, 5.74) is 0. The summed E-state index contributed by atoms with van der Waals surface area (Å²) in [5, 5.41) is 11.5. The lowest BCUT2D eigenvalue weighted by molar-refractivity contribution is 0.177. The lowest BCUT2D eigenvalue weighted by atomic mass is 10.1. The molecule has 0 radical (unpaired) electrons. The Hall–Kier alpha value is -0.940. The van der Waals surface area contributed by atoms with Gasteiger partial charge in [0.1, 0.15) is 12.4 Å². The standard InChI is InChI=1S/C19H37N7O.HI/c1-5-20-19(21-12-8-9-13-25(6-2)7-3)22-16-10-11-18-23-17(15-27-4)24-26(18)14-16;/h16H,5-15H2,1-4H3,(H2,20,21,22);1H. The number of rotatable bonds is 11. The molecule has 8 nitrogen and oxygen atoms in total. The number of hydrogen-bond acceptors (Lipinski definition) is 5. The van der Waals surface area contributed by atoms with Crippen LogP contribution in [0.2, 0.25) is 0 Å². The van der Waals surface area contributed by atoms with Crippen LogP contribution < -0.4 is 10.6 Å². The van der Waals surface area contributed by atoms with Gasteiger partial charge in [-0.1, -0.05) is 13.8 Å². The van der Waals surface area contributed by atoms with Gasteiger partial charge >= 0.3 is 0 Å². The maximum absolute atomic E-state index is 5.14. The topological polar surface area (TPSA) is 79.6 Å². The van der Waals surface area contributed by atoms with E-state index < -0.39 is 0 Å². The number of guanidine groups is 1. The van der Waals surface area contributed by atoms with Gasteiger partial charge in [0.2, 0.25) is 0 Å². The number of methoxy groups -OCH3 is 1. The van der Waals surface area contributed by atoms with Crippen LogP contribution in [0.3, 0.4) is 0 Å². The number of unbranched alkanes of at least 4 members (excludes halogenated alkanes) is 1. The fourth-order valence-electron chi connectivity index (χ4n) is 3.36. The molecule has 1 aliphatic rings. The third kappa shape index (κ3) is 8.20. The first-order chi connectivity index (χ1) is 13.2. The monoisotopic (exact) mass is 507 g/mol. The Balaban J connectivity index is 0.00000392. The molecule has 1 aliphatic heterocycles. The van der Waals surface area contributed by atoms with Gasteiger partial charge in [-0.2, -0.15) is 5.10 Å². The molecule has 28 heavy (non-hydrogen) atoms. The zero-order valence-electron chi connectivity index (χ0n) is 17.9. The Labute approximate surface area is 186 Å². The first-order valence-electron chi connectivity index (χ1n) is 10.4. The Morgan fingerprint density at radius 2 is 2.07 bits per heavy atom. The second kappa shape index (κ2) is 14.1. The van der Waals surface area contributed by atoms with Crippen LogP contribution in [0.25, 0.3) is 0 Å². The molecule has 2 N–H and O–H groups in total. The zero-order valence-corrected chi connectivity index (χ0v) is 20.2. The molecule has 0 bridgehead atoms. The van der Waals surface area contributed by atoms with Gasteiger partial charge in [-0.3, -0.25) is 4.99 Å². The van der Waals surface area contributed by atoms with E-state index in [1.54, 1.807) is 7.11 Å². The van der Waals surface area contributed by atoms with E-state index in [1.165, 1.54) is 6.42 Å². The highest BCUT2D eigenvalue weighted by atomic mass is 127. The number of halogens is 1. The number of ether oxygens (including phenoxy) is 1. The maximum atomic E-state index is 5.14. The molecular formula is C19H38IN7O. The van der Waals surface area contributed by atoms with Crippen molar-refractivity contribution < 1.29 is 4.74 Å². The maximum Gasteiger partial charge on any atom is 0.191 e. The van der Waals surface area contributed by atoms with Crippen LogP contribution in [0.4, 0.5) is 0 Å². The number of aliphatic imine (C=N–C) groups is 1. The average molecular weight is 507 g/mol. The van der Waals surface area contributed by atoms with Crippen molar-refractivity contribution in [2.75, 3.05) is 39.8 Å². The molecule has 1 unspecified atom stereocenters. The van der Waals surface area contributed by atoms with Crippen molar-refractivity contribution in [3.8, 4) is 0 Å². The van der Waals surface area contributed by atoms with Gasteiger partial charge in [0, 0.05) is 32.7 Å². The van der Waals surface area contributed by atoms with Crippen molar-refractivity contribution in [2.45, 2.75) is 65.6 Å². The van der Waals surface area contributed by atoms with Crippen molar-refractivity contribution in [1.82, 2.24) is 30.3 Å². The summed E-state index contributed by atoms with van der Waals surface area (Å²) in [6, 6.07) is 0.322. The molecule has 1 atom stereocenters. The van der Waals surface area contributed by atoms with E-state index in [-0.39, 0.29) is 24.0 Å². The third-order valence-corrected chi connectivity index (χ3v) is 4.91. The van der Waals surface area contributed by atoms with Crippen molar-refractivity contribution in [3.63, 3.8) is 0 Å². The first kappa shape index (κ1) is 25.1. The van der Waals surface area contributed by atoms with E-state index in [1.807, 2.05) is 4.68 Å². The van der Waals surface area contributed by atoms with E-state index in [0.717, 1.165) is 76.1 Å². The highest BCUT2D eigenvalue weighted by Crippen LogP contribution is 2.13. The van der Waals surface area contributed by atoms with Gasteiger partial charge in [-0.25, -0.2) is 9.67 Å². The molecule has 162 valence electrons. The Bertz CT molecular complexity index is 575. The number of hydrogen-bond donors (Lipinski definition) is 2. The van der Waals surface area contributed by atoms with Crippen molar-refractivity contribution in [3.05, 3.63) is 11.6 Å². The fourth-order valence-corrected chi connectivity index (χ4v) is 3.36. The number of aryl methyl sites for hydroxylation is 1. The first-order valence-corrected chi connectivity index (χ1v) is 10.4. The molecule has 0 aliphatic carbocycles. The Morgan fingerprint density at radius 1 is 1.29 bits per heavy atom. The van der Waals surface area contributed by atoms with Crippen molar-refractivity contribution in [2.24, 2.45) is 4.99 Å². The van der Waals surface area contributed by atoms with Crippen LogP contribution in [0.5, 0.6) is 0 Å². The molecule has 1 aromatic heterocycles. The van der Waals surface area contributed by atoms with Gasteiger partial charge in [0.25, 0.3) is 0 Å². The largest absolute Gasteiger partial charge is 0.377 e. The van der Waals surface area contributed by atoms with E-state index in [0.29, 0.717) is 12.6 Å². The van der Waals surface area contributed by atoms with Gasteiger partial charge in [-0.05, 0) is 45.8 Å². The van der Waals surface area contributed by atoms with Crippen LogP contribution >= 0.6 is 24.0 Å². The number of fused-ring (bicyclic) bond motifs is 1. The molecule has 9 heteroatoms. The smallest absolute Gasteiger partial charge is 0.191 e. The number of nitrogens with zero attached hydrogens (tertiary/aromatic N) is 5. The molecule has 1 aromatic rings. The van der Waals surface area contributed by atoms with Crippen LogP contribution in [-0.2, 0) is 24.3 Å². The molecule has 0 fully saturated rings.